The lowest BCUT2D eigenvalue weighted by atomic mass is 10.0. The molecule has 0 aromatic heterocycles. The highest BCUT2D eigenvalue weighted by atomic mass is 19.2. The first kappa shape index (κ1) is 17.6. The van der Waals surface area contributed by atoms with Crippen molar-refractivity contribution in [1.82, 2.24) is 10.2 Å². The highest BCUT2D eigenvalue weighted by Crippen LogP contribution is 2.16. The number of allylic oxidation sites excluding steroid dienone is 1. The molecule has 1 aromatic rings. The number of nitrogens with one attached hydrogen (secondary N) is 1. The molecule has 0 aliphatic carbocycles. The van der Waals surface area contributed by atoms with Crippen LogP contribution in [0.2, 0.25) is 0 Å². The van der Waals surface area contributed by atoms with Crippen LogP contribution in [-0.2, 0) is 11.3 Å². The minimum absolute atomic E-state index is 0.00547. The number of hydrogen-bond acceptors (Lipinski definition) is 2. The van der Waals surface area contributed by atoms with Crippen LogP contribution in [0.3, 0.4) is 0 Å². The van der Waals surface area contributed by atoms with E-state index in [1.165, 1.54) is 12.1 Å². The van der Waals surface area contributed by atoms with Gasteiger partial charge in [0.05, 0.1) is 0 Å². The van der Waals surface area contributed by atoms with Gasteiger partial charge in [-0.1, -0.05) is 19.1 Å². The zero-order chi connectivity index (χ0) is 16.8. The van der Waals surface area contributed by atoms with E-state index < -0.39 is 11.6 Å². The van der Waals surface area contributed by atoms with Crippen LogP contribution in [0.5, 0.6) is 0 Å². The molecule has 1 aliphatic rings. The van der Waals surface area contributed by atoms with E-state index in [4.69, 9.17) is 0 Å². The first-order valence-electron chi connectivity index (χ1n) is 8.13. The second-order valence-corrected chi connectivity index (χ2v) is 6.07. The van der Waals surface area contributed by atoms with Gasteiger partial charge in [0.15, 0.2) is 11.6 Å². The highest BCUT2D eigenvalue weighted by Gasteiger charge is 2.21. The maximum absolute atomic E-state index is 13.2. The van der Waals surface area contributed by atoms with E-state index in [1.54, 1.807) is 6.07 Å². The van der Waals surface area contributed by atoms with E-state index in [-0.39, 0.29) is 11.9 Å². The van der Waals surface area contributed by atoms with E-state index in [0.717, 1.165) is 43.5 Å². The molecule has 1 aliphatic heterocycles. The third-order valence-electron chi connectivity index (χ3n) is 4.18. The summed E-state index contributed by atoms with van der Waals surface area (Å²) in [6.45, 7) is 6.11. The standard InChI is InChI=1S/C18H24F2N2O/c1-3-4-13(2)18(23)21-15-7-9-22(10-8-15)12-14-5-6-16(19)17(20)11-14/h4-6,11,15H,3,7-10,12H2,1-2H3,(H,21,23)/b13-4+. The SMILES string of the molecule is CC/C=C(\C)C(=O)NC1CCN(Cc2ccc(F)c(F)c2)CC1. The molecule has 0 atom stereocenters. The molecule has 2 rings (SSSR count). The average molecular weight is 322 g/mol. The fourth-order valence-electron chi connectivity index (χ4n) is 2.83. The topological polar surface area (TPSA) is 32.3 Å². The summed E-state index contributed by atoms with van der Waals surface area (Å²) in [7, 11) is 0. The van der Waals surface area contributed by atoms with E-state index in [1.807, 2.05) is 19.9 Å². The number of benzene rings is 1. The van der Waals surface area contributed by atoms with Crippen LogP contribution in [0.1, 0.15) is 38.7 Å². The molecular formula is C18H24F2N2O. The average Bonchev–Trinajstić information content (AvgIpc) is 2.53. The van der Waals surface area contributed by atoms with E-state index in [9.17, 15) is 13.6 Å². The summed E-state index contributed by atoms with van der Waals surface area (Å²) in [5, 5.41) is 3.06. The second-order valence-electron chi connectivity index (χ2n) is 6.07. The smallest absolute Gasteiger partial charge is 0.246 e. The molecule has 0 saturated carbocycles. The van der Waals surface area contributed by atoms with Gasteiger partial charge < -0.3 is 5.32 Å². The van der Waals surface area contributed by atoms with Crippen molar-refractivity contribution in [3.63, 3.8) is 0 Å². The Labute approximate surface area is 136 Å². The van der Waals surface area contributed by atoms with Crippen molar-refractivity contribution in [2.75, 3.05) is 13.1 Å². The van der Waals surface area contributed by atoms with Gasteiger partial charge >= 0.3 is 0 Å². The Morgan fingerprint density at radius 1 is 1.30 bits per heavy atom. The number of carbonyl (C=O) groups is 1. The molecule has 0 spiro atoms. The van der Waals surface area contributed by atoms with Gasteiger partial charge in [-0.25, -0.2) is 8.78 Å². The van der Waals surface area contributed by atoms with Gasteiger partial charge in [-0.15, -0.1) is 0 Å². The van der Waals surface area contributed by atoms with Crippen LogP contribution in [0.4, 0.5) is 8.78 Å². The second kappa shape index (κ2) is 8.20. The molecule has 1 aromatic carbocycles. The molecule has 0 unspecified atom stereocenters. The van der Waals surface area contributed by atoms with E-state index >= 15 is 0 Å². The monoisotopic (exact) mass is 322 g/mol. The van der Waals surface area contributed by atoms with Gasteiger partial charge in [0, 0.05) is 31.2 Å². The van der Waals surface area contributed by atoms with Crippen molar-refractivity contribution in [3.8, 4) is 0 Å². The van der Waals surface area contributed by atoms with Gasteiger partial charge in [0.1, 0.15) is 0 Å². The van der Waals surface area contributed by atoms with Crippen molar-refractivity contribution in [2.24, 2.45) is 0 Å². The number of amides is 1. The van der Waals surface area contributed by atoms with Crippen molar-refractivity contribution >= 4 is 5.91 Å². The minimum atomic E-state index is -0.814. The predicted molar refractivity (Wildman–Crippen MR) is 86.8 cm³/mol. The van der Waals surface area contributed by atoms with Crippen molar-refractivity contribution < 1.29 is 13.6 Å². The first-order valence-corrected chi connectivity index (χ1v) is 8.13. The Morgan fingerprint density at radius 3 is 2.61 bits per heavy atom. The van der Waals surface area contributed by atoms with Crippen molar-refractivity contribution in [1.29, 1.82) is 0 Å². The van der Waals surface area contributed by atoms with Gasteiger partial charge in [-0.3, -0.25) is 9.69 Å². The molecule has 0 radical (unpaired) electrons. The minimum Gasteiger partial charge on any atom is -0.350 e. The third-order valence-corrected chi connectivity index (χ3v) is 4.18. The lowest BCUT2D eigenvalue weighted by Gasteiger charge is -2.32. The summed E-state index contributed by atoms with van der Waals surface area (Å²) in [6, 6.07) is 4.22. The summed E-state index contributed by atoms with van der Waals surface area (Å²) in [4.78, 5) is 14.2. The van der Waals surface area contributed by atoms with Crippen molar-refractivity contribution in [2.45, 2.75) is 45.7 Å². The number of carbonyl (C=O) groups excluding carboxylic acids is 1. The van der Waals surface area contributed by atoms with Crippen LogP contribution in [-0.4, -0.2) is 29.9 Å². The number of piperidine rings is 1. The number of likely N-dealkylation sites (tertiary alicyclic amines) is 1. The van der Waals surface area contributed by atoms with Crippen LogP contribution >= 0.6 is 0 Å². The molecule has 5 heteroatoms. The fraction of sp³-hybridized carbons (Fsp3) is 0.500. The molecule has 126 valence electrons. The van der Waals surface area contributed by atoms with E-state index in [0.29, 0.717) is 6.54 Å². The fourth-order valence-corrected chi connectivity index (χ4v) is 2.83. The maximum Gasteiger partial charge on any atom is 0.246 e. The summed E-state index contributed by atoms with van der Waals surface area (Å²) in [5.41, 5.74) is 1.53. The van der Waals surface area contributed by atoms with Crippen molar-refractivity contribution in [3.05, 3.63) is 47.0 Å². The lowest BCUT2D eigenvalue weighted by Crippen LogP contribution is -2.44. The van der Waals surface area contributed by atoms with Crippen LogP contribution in [0.15, 0.2) is 29.8 Å². The summed E-state index contributed by atoms with van der Waals surface area (Å²) < 4.78 is 26.2. The molecule has 23 heavy (non-hydrogen) atoms. The lowest BCUT2D eigenvalue weighted by molar-refractivity contribution is -0.118. The van der Waals surface area contributed by atoms with Gasteiger partial charge in [0.2, 0.25) is 5.91 Å². The summed E-state index contributed by atoms with van der Waals surface area (Å²) >= 11 is 0. The molecule has 1 heterocycles. The maximum atomic E-state index is 13.2. The Balaban J connectivity index is 1.80. The molecular weight excluding hydrogens is 298 g/mol. The Bertz CT molecular complexity index is 578. The molecule has 1 N–H and O–H groups in total. The van der Waals surface area contributed by atoms with Gasteiger partial charge in [-0.2, -0.15) is 0 Å². The molecule has 1 amide bonds. The Morgan fingerprint density at radius 2 is 2.00 bits per heavy atom. The zero-order valence-electron chi connectivity index (χ0n) is 13.7. The number of rotatable bonds is 5. The summed E-state index contributed by atoms with van der Waals surface area (Å²) in [6.07, 6.45) is 4.52. The van der Waals surface area contributed by atoms with Crippen LogP contribution in [0, 0.1) is 11.6 Å². The molecule has 3 nitrogen and oxygen atoms in total. The summed E-state index contributed by atoms with van der Waals surface area (Å²) in [5.74, 6) is -1.61. The molecule has 0 bridgehead atoms. The van der Waals surface area contributed by atoms with Crippen LogP contribution < -0.4 is 5.32 Å². The van der Waals surface area contributed by atoms with Gasteiger partial charge in [0.25, 0.3) is 0 Å². The number of hydrogen-bond donors (Lipinski definition) is 1. The third kappa shape index (κ3) is 5.13. The predicted octanol–water partition coefficient (Wildman–Crippen LogP) is 3.40. The highest BCUT2D eigenvalue weighted by molar-refractivity contribution is 5.92. The number of halogens is 2. The number of nitrogens with zero attached hydrogens (tertiary/aromatic N) is 1. The first-order chi connectivity index (χ1) is 11.0. The molecule has 1 fully saturated rings. The Kier molecular flexibility index (Phi) is 6.28. The van der Waals surface area contributed by atoms with Gasteiger partial charge in [-0.05, 0) is 43.9 Å². The normalized spacial score (nSPS) is 17.3. The van der Waals surface area contributed by atoms with E-state index in [2.05, 4.69) is 10.2 Å². The largest absolute Gasteiger partial charge is 0.350 e. The zero-order valence-corrected chi connectivity index (χ0v) is 13.7. The quantitative estimate of drug-likeness (QED) is 0.843. The Hall–Kier alpha value is -1.75. The molecule has 1 saturated heterocycles. The van der Waals surface area contributed by atoms with Crippen LogP contribution in [0.25, 0.3) is 0 Å².